The Labute approximate surface area is 101 Å². The van der Waals surface area contributed by atoms with Gasteiger partial charge >= 0.3 is 11.4 Å². The fourth-order valence-electron chi connectivity index (χ4n) is 1.55. The first-order chi connectivity index (χ1) is 8.59. The normalized spacial score (nSPS) is 10.0. The number of nitro groups is 1. The van der Waals surface area contributed by atoms with Gasteiger partial charge in [0.2, 0.25) is 0 Å². The van der Waals surface area contributed by atoms with E-state index in [4.69, 9.17) is 5.21 Å². The second-order valence-electron chi connectivity index (χ2n) is 3.49. The Morgan fingerprint density at radius 3 is 2.33 bits per heavy atom. The van der Waals surface area contributed by atoms with Crippen molar-refractivity contribution in [2.75, 3.05) is 0 Å². The molecule has 0 bridgehead atoms. The Kier molecular flexibility index (Phi) is 2.96. The summed E-state index contributed by atoms with van der Waals surface area (Å²) in [4.78, 5) is 20.7. The molecule has 0 fully saturated rings. The van der Waals surface area contributed by atoms with Crippen LogP contribution in [0.5, 0.6) is 0 Å². The van der Waals surface area contributed by atoms with E-state index in [0.29, 0.717) is 5.69 Å². The van der Waals surface area contributed by atoms with Gasteiger partial charge in [0.1, 0.15) is 6.07 Å². The molecule has 1 N–H and O–H groups in total. The second-order valence-corrected chi connectivity index (χ2v) is 3.49. The number of hydrogen-bond acceptors (Lipinski definition) is 3. The first-order valence-electron chi connectivity index (χ1n) is 5.01. The van der Waals surface area contributed by atoms with E-state index in [9.17, 15) is 15.0 Å². The highest BCUT2D eigenvalue weighted by Crippen LogP contribution is 2.24. The van der Waals surface area contributed by atoms with Gasteiger partial charge in [-0.05, 0) is 0 Å². The molecule has 1 heterocycles. The molecule has 0 unspecified atom stereocenters. The van der Waals surface area contributed by atoms with Gasteiger partial charge in [0.25, 0.3) is 10.6 Å². The largest absolute Gasteiger partial charge is 0.347 e. The van der Waals surface area contributed by atoms with Crippen molar-refractivity contribution in [1.29, 1.82) is 0 Å². The average molecular weight is 247 g/mol. The van der Waals surface area contributed by atoms with Crippen molar-refractivity contribution in [3.05, 3.63) is 63.8 Å². The predicted molar refractivity (Wildman–Crippen MR) is 59.7 cm³/mol. The van der Waals surface area contributed by atoms with Gasteiger partial charge in [0.15, 0.2) is 12.4 Å². The van der Waals surface area contributed by atoms with Crippen LogP contribution >= 0.6 is 0 Å². The van der Waals surface area contributed by atoms with Crippen LogP contribution in [0.2, 0.25) is 0 Å². The number of nitrogens with zero attached hydrogens (tertiary/aromatic N) is 3. The van der Waals surface area contributed by atoms with Crippen molar-refractivity contribution >= 4 is 11.4 Å². The summed E-state index contributed by atoms with van der Waals surface area (Å²) >= 11 is 0. The van der Waals surface area contributed by atoms with Crippen LogP contribution in [-0.2, 0) is 0 Å². The maximum Gasteiger partial charge on any atom is 0.347 e. The molecule has 2 rings (SSSR count). The molecule has 0 spiro atoms. The fraction of sp³-hybridized carbons (Fsp3) is 0. The first-order valence-corrected chi connectivity index (χ1v) is 5.01. The highest BCUT2D eigenvalue weighted by atomic mass is 16.6. The summed E-state index contributed by atoms with van der Waals surface area (Å²) in [6.07, 6.45) is 3.30. The molecule has 0 radical (unpaired) electrons. The first kappa shape index (κ1) is 11.6. The zero-order valence-corrected chi connectivity index (χ0v) is 9.13. The highest BCUT2D eigenvalue weighted by Gasteiger charge is 2.27. The highest BCUT2D eigenvalue weighted by molar-refractivity contribution is 5.53. The number of nitro benzene ring substituents is 1. The summed E-state index contributed by atoms with van der Waals surface area (Å²) < 4.78 is 1.55. The van der Waals surface area contributed by atoms with Crippen molar-refractivity contribution < 1.29 is 19.6 Å². The number of benzene rings is 1. The molecular weight excluding hydrogens is 238 g/mol. The zero-order valence-electron chi connectivity index (χ0n) is 9.13. The molecule has 7 nitrogen and oxygen atoms in total. The Morgan fingerprint density at radius 1 is 1.11 bits per heavy atom. The van der Waals surface area contributed by atoms with E-state index in [-0.39, 0.29) is 11.4 Å². The van der Waals surface area contributed by atoms with Crippen molar-refractivity contribution in [3.63, 3.8) is 0 Å². The van der Waals surface area contributed by atoms with Crippen LogP contribution in [0.1, 0.15) is 0 Å². The van der Waals surface area contributed by atoms with E-state index in [1.54, 1.807) is 35.2 Å². The molecule has 90 valence electrons. The van der Waals surface area contributed by atoms with Crippen molar-refractivity contribution in [1.82, 2.24) is 0 Å². The second kappa shape index (κ2) is 4.58. The van der Waals surface area contributed by atoms with Crippen LogP contribution in [0.3, 0.4) is 0 Å². The predicted octanol–water partition coefficient (Wildman–Crippen LogP) is 1.67. The van der Waals surface area contributed by atoms with E-state index in [1.165, 1.54) is 12.1 Å². The molecule has 0 aliphatic carbocycles. The van der Waals surface area contributed by atoms with Gasteiger partial charge in [0.05, 0.1) is 9.83 Å². The Hall–Kier alpha value is -2.83. The molecular formula is C11H9N3O4+2. The number of rotatable bonds is 3. The quantitative estimate of drug-likeness (QED) is 0.507. The van der Waals surface area contributed by atoms with Gasteiger partial charge < -0.3 is 0 Å². The monoisotopic (exact) mass is 247 g/mol. The van der Waals surface area contributed by atoms with Gasteiger partial charge in [-0.2, -0.15) is 4.57 Å². The summed E-state index contributed by atoms with van der Waals surface area (Å²) in [6.45, 7) is 0. The summed E-state index contributed by atoms with van der Waals surface area (Å²) in [7, 11) is 0. The molecule has 7 heteroatoms. The van der Waals surface area contributed by atoms with E-state index in [2.05, 4.69) is 0 Å². The molecule has 0 amide bonds. The molecule has 0 saturated heterocycles. The number of aromatic nitrogens is 1. The zero-order chi connectivity index (χ0) is 13.1. The van der Waals surface area contributed by atoms with Crippen LogP contribution in [0.4, 0.5) is 11.4 Å². The molecule has 18 heavy (non-hydrogen) atoms. The molecule has 0 saturated carbocycles. The standard InChI is InChI=1S/C11H9N3O4/c15-13(16)9-4-5-10(11(8-9)14(17)18)12-6-2-1-3-7-12/h1-8H,(H,15,16)/q+2. The van der Waals surface area contributed by atoms with Gasteiger partial charge in [-0.25, -0.2) is 5.21 Å². The minimum Gasteiger partial charge on any atom is -0.258 e. The molecule has 1 aromatic heterocycles. The Bertz CT molecular complexity index is 613. The number of hydrogen-bond donors (Lipinski definition) is 1. The van der Waals surface area contributed by atoms with Crippen LogP contribution in [-0.4, -0.2) is 15.1 Å². The lowest BCUT2D eigenvalue weighted by Gasteiger charge is -1.96. The third-order valence-electron chi connectivity index (χ3n) is 2.37. The van der Waals surface area contributed by atoms with Gasteiger partial charge in [-0.3, -0.25) is 10.1 Å². The maximum atomic E-state index is 11.0. The number of pyridine rings is 1. The van der Waals surface area contributed by atoms with Gasteiger partial charge in [0, 0.05) is 24.3 Å². The SMILES string of the molecule is O=[N+]([O-])c1cc([N+](=O)O)ccc1-[n+]1ccccc1. The minimum atomic E-state index is -0.609. The van der Waals surface area contributed by atoms with Crippen molar-refractivity contribution in [3.8, 4) is 5.69 Å². The third kappa shape index (κ3) is 2.14. The van der Waals surface area contributed by atoms with Crippen LogP contribution in [0, 0.1) is 15.0 Å². The topological polar surface area (TPSA) is 87.3 Å². The summed E-state index contributed by atoms with van der Waals surface area (Å²) in [5.74, 6) is 0. The van der Waals surface area contributed by atoms with Crippen molar-refractivity contribution in [2.45, 2.75) is 0 Å². The lowest BCUT2D eigenvalue weighted by atomic mass is 10.2. The smallest absolute Gasteiger partial charge is 0.258 e. The van der Waals surface area contributed by atoms with E-state index < -0.39 is 9.85 Å². The molecule has 2 aromatic rings. The maximum absolute atomic E-state index is 11.0. The average Bonchev–Trinajstić information content (AvgIpc) is 2.39. The van der Waals surface area contributed by atoms with E-state index in [0.717, 1.165) is 6.07 Å². The van der Waals surface area contributed by atoms with Crippen molar-refractivity contribution in [2.24, 2.45) is 0 Å². The summed E-state index contributed by atoms with van der Waals surface area (Å²) in [6, 6.07) is 8.95. The molecule has 0 aliphatic heterocycles. The van der Waals surface area contributed by atoms with Gasteiger partial charge in [-0.15, -0.1) is 0 Å². The van der Waals surface area contributed by atoms with Crippen LogP contribution in [0.15, 0.2) is 48.8 Å². The Balaban J connectivity index is 2.61. The van der Waals surface area contributed by atoms with E-state index in [1.807, 2.05) is 0 Å². The Morgan fingerprint density at radius 2 is 1.78 bits per heavy atom. The molecule has 0 aliphatic rings. The van der Waals surface area contributed by atoms with Gasteiger partial charge in [-0.1, -0.05) is 6.07 Å². The minimum absolute atomic E-state index is 0.193. The summed E-state index contributed by atoms with van der Waals surface area (Å²) in [5.41, 5.74) is -0.146. The van der Waals surface area contributed by atoms with Crippen LogP contribution < -0.4 is 4.57 Å². The molecule has 0 atom stereocenters. The van der Waals surface area contributed by atoms with E-state index >= 15 is 0 Å². The molecule has 1 aromatic carbocycles. The lowest BCUT2D eigenvalue weighted by molar-refractivity contribution is -0.730. The summed E-state index contributed by atoms with van der Waals surface area (Å²) in [5, 5.41) is 19.7. The fourth-order valence-corrected chi connectivity index (χ4v) is 1.55. The van der Waals surface area contributed by atoms with Crippen LogP contribution in [0.25, 0.3) is 5.69 Å². The third-order valence-corrected chi connectivity index (χ3v) is 2.37. The lowest BCUT2D eigenvalue weighted by Crippen LogP contribution is -2.30.